The van der Waals surface area contributed by atoms with E-state index in [9.17, 15) is 9.59 Å². The molecule has 5 heteroatoms. The standard InChI is InChI=1S/C14H26N2O3/c1-10-7-5-4-6-8-11(10)15-13(19)16-14(2,3)9-12(17)18/h10-11H,4-9H2,1-3H3,(H,17,18)(H2,15,16,19). The molecule has 0 bridgehead atoms. The number of carboxylic acid groups (broad SMARTS) is 1. The molecule has 1 fully saturated rings. The van der Waals surface area contributed by atoms with E-state index < -0.39 is 11.5 Å². The third-order valence-corrected chi connectivity index (χ3v) is 3.72. The largest absolute Gasteiger partial charge is 0.481 e. The molecule has 2 amide bonds. The van der Waals surface area contributed by atoms with Gasteiger partial charge in [-0.05, 0) is 32.6 Å². The minimum Gasteiger partial charge on any atom is -0.481 e. The molecule has 0 aromatic rings. The topological polar surface area (TPSA) is 78.4 Å². The lowest BCUT2D eigenvalue weighted by Gasteiger charge is -2.28. The number of hydrogen-bond acceptors (Lipinski definition) is 2. The molecule has 1 aliphatic carbocycles. The van der Waals surface area contributed by atoms with Gasteiger partial charge in [-0.15, -0.1) is 0 Å². The van der Waals surface area contributed by atoms with E-state index in [1.807, 2.05) is 0 Å². The van der Waals surface area contributed by atoms with Crippen molar-refractivity contribution in [3.8, 4) is 0 Å². The Hall–Kier alpha value is -1.26. The zero-order valence-electron chi connectivity index (χ0n) is 12.2. The maximum atomic E-state index is 12.0. The summed E-state index contributed by atoms with van der Waals surface area (Å²) in [6.07, 6.45) is 5.67. The Labute approximate surface area is 115 Å². The van der Waals surface area contributed by atoms with Crippen molar-refractivity contribution in [2.75, 3.05) is 0 Å². The molecular formula is C14H26N2O3. The van der Waals surface area contributed by atoms with Crippen molar-refractivity contribution in [2.45, 2.75) is 70.9 Å². The molecule has 0 radical (unpaired) electrons. The summed E-state index contributed by atoms with van der Waals surface area (Å²) in [5.41, 5.74) is -0.732. The van der Waals surface area contributed by atoms with Crippen LogP contribution in [-0.2, 0) is 4.79 Å². The van der Waals surface area contributed by atoms with E-state index in [4.69, 9.17) is 5.11 Å². The molecule has 0 aromatic heterocycles. The summed E-state index contributed by atoms with van der Waals surface area (Å²) in [7, 11) is 0. The molecule has 0 spiro atoms. The van der Waals surface area contributed by atoms with Crippen LogP contribution in [0.5, 0.6) is 0 Å². The highest BCUT2D eigenvalue weighted by Gasteiger charge is 2.26. The van der Waals surface area contributed by atoms with Gasteiger partial charge in [-0.3, -0.25) is 4.79 Å². The smallest absolute Gasteiger partial charge is 0.315 e. The molecule has 2 unspecified atom stereocenters. The Kier molecular flexibility index (Phi) is 5.63. The second kappa shape index (κ2) is 6.78. The number of carbonyl (C=O) groups excluding carboxylic acids is 1. The average molecular weight is 270 g/mol. The lowest BCUT2D eigenvalue weighted by atomic mass is 9.97. The van der Waals surface area contributed by atoms with E-state index in [1.165, 1.54) is 12.8 Å². The van der Waals surface area contributed by atoms with E-state index in [-0.39, 0.29) is 18.5 Å². The third kappa shape index (κ3) is 5.94. The molecule has 1 saturated carbocycles. The van der Waals surface area contributed by atoms with Gasteiger partial charge in [0.1, 0.15) is 0 Å². The normalized spacial score (nSPS) is 24.4. The first kappa shape index (κ1) is 15.8. The highest BCUT2D eigenvalue weighted by molar-refractivity contribution is 5.76. The fraction of sp³-hybridized carbons (Fsp3) is 0.857. The SMILES string of the molecule is CC1CCCCCC1NC(=O)NC(C)(C)CC(=O)O. The Bertz CT molecular complexity index is 329. The van der Waals surface area contributed by atoms with Gasteiger partial charge in [0, 0.05) is 11.6 Å². The number of urea groups is 1. The summed E-state index contributed by atoms with van der Waals surface area (Å²) in [6.45, 7) is 5.60. The van der Waals surface area contributed by atoms with Crippen LogP contribution in [0.4, 0.5) is 4.79 Å². The molecule has 1 aliphatic rings. The summed E-state index contributed by atoms with van der Waals surface area (Å²) in [4.78, 5) is 22.7. The van der Waals surface area contributed by atoms with Crippen LogP contribution in [0, 0.1) is 5.92 Å². The van der Waals surface area contributed by atoms with Crippen molar-refractivity contribution in [1.82, 2.24) is 10.6 Å². The van der Waals surface area contributed by atoms with Gasteiger partial charge in [0.15, 0.2) is 0 Å². The average Bonchev–Trinajstić information content (AvgIpc) is 2.41. The summed E-state index contributed by atoms with van der Waals surface area (Å²) in [5, 5.41) is 14.5. The highest BCUT2D eigenvalue weighted by atomic mass is 16.4. The van der Waals surface area contributed by atoms with Crippen LogP contribution in [0.1, 0.15) is 59.3 Å². The highest BCUT2D eigenvalue weighted by Crippen LogP contribution is 2.23. The molecule has 5 nitrogen and oxygen atoms in total. The van der Waals surface area contributed by atoms with Crippen molar-refractivity contribution in [2.24, 2.45) is 5.92 Å². The summed E-state index contributed by atoms with van der Waals surface area (Å²) in [5.74, 6) is -0.427. The maximum Gasteiger partial charge on any atom is 0.315 e. The Balaban J connectivity index is 2.47. The quantitative estimate of drug-likeness (QED) is 0.687. The molecule has 1 rings (SSSR count). The second-order valence-electron chi connectivity index (χ2n) is 6.27. The van der Waals surface area contributed by atoms with Crippen molar-refractivity contribution in [3.63, 3.8) is 0 Å². The van der Waals surface area contributed by atoms with Gasteiger partial charge in [0.2, 0.25) is 0 Å². The van der Waals surface area contributed by atoms with Gasteiger partial charge in [0.25, 0.3) is 0 Å². The number of amides is 2. The van der Waals surface area contributed by atoms with E-state index in [2.05, 4.69) is 17.6 Å². The lowest BCUT2D eigenvalue weighted by molar-refractivity contribution is -0.138. The van der Waals surface area contributed by atoms with Gasteiger partial charge < -0.3 is 15.7 Å². The Morgan fingerprint density at radius 3 is 2.47 bits per heavy atom. The molecule has 3 N–H and O–H groups in total. The molecule has 0 aliphatic heterocycles. The van der Waals surface area contributed by atoms with Gasteiger partial charge >= 0.3 is 12.0 Å². The third-order valence-electron chi connectivity index (χ3n) is 3.72. The second-order valence-corrected chi connectivity index (χ2v) is 6.27. The van der Waals surface area contributed by atoms with Crippen LogP contribution >= 0.6 is 0 Å². The fourth-order valence-corrected chi connectivity index (χ4v) is 2.64. The van der Waals surface area contributed by atoms with Crippen LogP contribution in [0.3, 0.4) is 0 Å². The molecule has 0 heterocycles. The van der Waals surface area contributed by atoms with Crippen LogP contribution in [0.15, 0.2) is 0 Å². The molecular weight excluding hydrogens is 244 g/mol. The first-order valence-corrected chi connectivity index (χ1v) is 7.10. The summed E-state index contributed by atoms with van der Waals surface area (Å²) < 4.78 is 0. The van der Waals surface area contributed by atoms with Crippen molar-refractivity contribution < 1.29 is 14.7 Å². The number of rotatable bonds is 4. The van der Waals surface area contributed by atoms with Crippen molar-refractivity contribution in [3.05, 3.63) is 0 Å². The first-order chi connectivity index (χ1) is 8.80. The molecule has 110 valence electrons. The van der Waals surface area contributed by atoms with Crippen LogP contribution in [-0.4, -0.2) is 28.7 Å². The molecule has 0 saturated heterocycles. The number of nitrogens with one attached hydrogen (secondary N) is 2. The monoisotopic (exact) mass is 270 g/mol. The number of aliphatic carboxylic acids is 1. The van der Waals surface area contributed by atoms with E-state index >= 15 is 0 Å². The minimum atomic E-state index is -0.909. The van der Waals surface area contributed by atoms with E-state index in [0.717, 1.165) is 19.3 Å². The first-order valence-electron chi connectivity index (χ1n) is 7.10. The fourth-order valence-electron chi connectivity index (χ4n) is 2.64. The van der Waals surface area contributed by atoms with Crippen LogP contribution < -0.4 is 10.6 Å². The Morgan fingerprint density at radius 1 is 1.21 bits per heavy atom. The van der Waals surface area contributed by atoms with E-state index in [0.29, 0.717) is 5.92 Å². The van der Waals surface area contributed by atoms with Gasteiger partial charge in [0.05, 0.1) is 6.42 Å². The number of carboxylic acids is 1. The Morgan fingerprint density at radius 2 is 1.84 bits per heavy atom. The number of carbonyl (C=O) groups is 2. The van der Waals surface area contributed by atoms with Crippen LogP contribution in [0.2, 0.25) is 0 Å². The van der Waals surface area contributed by atoms with Gasteiger partial charge in [-0.1, -0.05) is 26.2 Å². The molecule has 2 atom stereocenters. The van der Waals surface area contributed by atoms with Crippen molar-refractivity contribution in [1.29, 1.82) is 0 Å². The maximum absolute atomic E-state index is 12.0. The predicted octanol–water partition coefficient (Wildman–Crippen LogP) is 2.51. The molecule has 19 heavy (non-hydrogen) atoms. The zero-order valence-corrected chi connectivity index (χ0v) is 12.2. The van der Waals surface area contributed by atoms with Gasteiger partial charge in [-0.2, -0.15) is 0 Å². The zero-order chi connectivity index (χ0) is 14.5. The minimum absolute atomic E-state index is 0.0827. The summed E-state index contributed by atoms with van der Waals surface area (Å²) in [6, 6.07) is -0.0619. The van der Waals surface area contributed by atoms with Crippen molar-refractivity contribution >= 4 is 12.0 Å². The molecule has 0 aromatic carbocycles. The number of hydrogen-bond donors (Lipinski definition) is 3. The predicted molar refractivity (Wildman–Crippen MR) is 74.0 cm³/mol. The van der Waals surface area contributed by atoms with Crippen LogP contribution in [0.25, 0.3) is 0 Å². The van der Waals surface area contributed by atoms with E-state index in [1.54, 1.807) is 13.8 Å². The van der Waals surface area contributed by atoms with Gasteiger partial charge in [-0.25, -0.2) is 4.79 Å². The lowest BCUT2D eigenvalue weighted by Crippen LogP contribution is -2.52. The summed E-state index contributed by atoms with van der Waals surface area (Å²) >= 11 is 0.